The molecule has 0 aliphatic carbocycles. The number of rotatable bonds is 56. The average Bonchev–Trinajstić information content (AvgIpc) is 3.38. The Hall–Kier alpha value is -3.15. The molecule has 0 aromatic carbocycles. The van der Waals surface area contributed by atoms with Crippen LogP contribution in [0.4, 0.5) is 0 Å². The largest absolute Gasteiger partial charge is 0.462 e. The maximum atomic E-state index is 12.9. The van der Waals surface area contributed by atoms with Crippen molar-refractivity contribution in [2.45, 2.75) is 316 Å². The van der Waals surface area contributed by atoms with Gasteiger partial charge in [-0.25, -0.2) is 0 Å². The second-order valence-electron chi connectivity index (χ2n) is 20.6. The molecule has 0 unspecified atom stereocenters. The Morgan fingerprint density at radius 2 is 0.514 bits per heavy atom. The minimum absolute atomic E-state index is 0.0921. The first-order valence-corrected chi connectivity index (χ1v) is 30.9. The van der Waals surface area contributed by atoms with Crippen LogP contribution in [0.5, 0.6) is 0 Å². The molecular weight excluding hydrogens is 889 g/mol. The maximum Gasteiger partial charge on any atom is 0.306 e. The van der Waals surface area contributed by atoms with Gasteiger partial charge in [-0.1, -0.05) is 273 Å². The first-order chi connectivity index (χ1) is 35.5. The minimum Gasteiger partial charge on any atom is -0.462 e. The monoisotopic (exact) mass is 1000 g/mol. The lowest BCUT2D eigenvalue weighted by Crippen LogP contribution is -2.30. The molecule has 0 amide bonds. The summed E-state index contributed by atoms with van der Waals surface area (Å²) >= 11 is 0. The van der Waals surface area contributed by atoms with Gasteiger partial charge in [0.05, 0.1) is 0 Å². The highest BCUT2D eigenvalue weighted by atomic mass is 16.6. The van der Waals surface area contributed by atoms with E-state index in [1.165, 1.54) is 193 Å². The highest BCUT2D eigenvalue weighted by molar-refractivity contribution is 5.71. The third-order valence-electron chi connectivity index (χ3n) is 13.4. The maximum absolute atomic E-state index is 12.9. The molecule has 0 radical (unpaired) electrons. The fourth-order valence-corrected chi connectivity index (χ4v) is 8.76. The number of ether oxygens (including phenoxy) is 3. The molecule has 6 heteroatoms. The van der Waals surface area contributed by atoms with Crippen LogP contribution in [0.3, 0.4) is 0 Å². The van der Waals surface area contributed by atoms with Crippen LogP contribution in [-0.2, 0) is 28.6 Å². The van der Waals surface area contributed by atoms with Crippen molar-refractivity contribution in [3.63, 3.8) is 0 Å². The fourth-order valence-electron chi connectivity index (χ4n) is 8.76. The van der Waals surface area contributed by atoms with Gasteiger partial charge in [-0.15, -0.1) is 0 Å². The van der Waals surface area contributed by atoms with Gasteiger partial charge < -0.3 is 14.2 Å². The van der Waals surface area contributed by atoms with E-state index in [-0.39, 0.29) is 37.5 Å². The number of allylic oxidation sites excluding steroid dienone is 12. The van der Waals surface area contributed by atoms with Crippen LogP contribution < -0.4 is 0 Å². The SMILES string of the molecule is CCCCC/C=C\C/C=C\C/C=C\C/C=C\CCCC(=O)OC[C@H](COC(=O)CCCCCCCCCCC/C=C\C/C=C\CCCCC)OC(=O)CCCCCCCCCCCCCCCCCCCC. The zero-order chi connectivity index (χ0) is 52.2. The molecule has 0 aliphatic rings. The summed E-state index contributed by atoms with van der Waals surface area (Å²) in [4.78, 5) is 38.3. The predicted molar refractivity (Wildman–Crippen MR) is 311 cm³/mol. The summed E-state index contributed by atoms with van der Waals surface area (Å²) in [6.45, 7) is 6.58. The molecule has 0 saturated heterocycles. The van der Waals surface area contributed by atoms with Crippen molar-refractivity contribution in [3.05, 3.63) is 72.9 Å². The van der Waals surface area contributed by atoms with E-state index in [9.17, 15) is 14.4 Å². The second kappa shape index (κ2) is 60.4. The molecule has 0 heterocycles. The Labute approximate surface area is 446 Å². The summed E-state index contributed by atoms with van der Waals surface area (Å²) in [5.41, 5.74) is 0. The van der Waals surface area contributed by atoms with Gasteiger partial charge in [-0.05, 0) is 89.9 Å². The summed E-state index contributed by atoms with van der Waals surface area (Å²) in [5.74, 6) is -0.940. The highest BCUT2D eigenvalue weighted by Gasteiger charge is 2.19. The van der Waals surface area contributed by atoms with E-state index in [1.54, 1.807) is 0 Å². The molecule has 0 aromatic rings. The summed E-state index contributed by atoms with van der Waals surface area (Å²) in [6.07, 6.45) is 77.6. The van der Waals surface area contributed by atoms with Crippen molar-refractivity contribution in [2.24, 2.45) is 0 Å². The van der Waals surface area contributed by atoms with Crippen LogP contribution in [0.2, 0.25) is 0 Å². The summed E-state index contributed by atoms with van der Waals surface area (Å²) in [5, 5.41) is 0. The van der Waals surface area contributed by atoms with Crippen LogP contribution >= 0.6 is 0 Å². The first kappa shape index (κ1) is 68.8. The van der Waals surface area contributed by atoms with Gasteiger partial charge in [0.1, 0.15) is 13.2 Å². The third-order valence-corrected chi connectivity index (χ3v) is 13.4. The average molecular weight is 1010 g/mol. The van der Waals surface area contributed by atoms with Crippen molar-refractivity contribution in [1.29, 1.82) is 0 Å². The molecule has 0 saturated carbocycles. The minimum atomic E-state index is -0.798. The number of hydrogen-bond donors (Lipinski definition) is 0. The molecule has 6 nitrogen and oxygen atoms in total. The van der Waals surface area contributed by atoms with Crippen LogP contribution in [0.25, 0.3) is 0 Å². The Balaban J connectivity index is 4.43. The lowest BCUT2D eigenvalue weighted by atomic mass is 10.0. The molecule has 72 heavy (non-hydrogen) atoms. The zero-order valence-corrected chi connectivity index (χ0v) is 47.7. The van der Waals surface area contributed by atoms with E-state index < -0.39 is 6.10 Å². The standard InChI is InChI=1S/C66H116O6/c1-4-7-10-13-16-19-22-25-28-31-33-36-38-41-44-47-50-53-56-59-65(68)71-62-63(61-70-64(67)58-55-52-49-46-43-40-37-34-30-27-24-21-18-15-12-9-6-3)72-66(69)60-57-54-51-48-45-42-39-35-32-29-26-23-20-17-14-11-8-5-2/h16,18-19,21,25,27-28,30,37,40,46,49,63H,4-15,17,20,22-24,26,29,31-36,38-39,41-45,47-48,50-62H2,1-3H3/b19-16-,21-18-,28-25-,30-27-,40-37-,49-46-/t63-/m1/s1. The van der Waals surface area contributed by atoms with Gasteiger partial charge in [-0.2, -0.15) is 0 Å². The molecule has 1 atom stereocenters. The Bertz CT molecular complexity index is 1340. The van der Waals surface area contributed by atoms with Crippen LogP contribution in [0, 0.1) is 0 Å². The van der Waals surface area contributed by atoms with Crippen LogP contribution in [0.15, 0.2) is 72.9 Å². The predicted octanol–water partition coefficient (Wildman–Crippen LogP) is 20.9. The van der Waals surface area contributed by atoms with E-state index in [1.807, 2.05) is 0 Å². The van der Waals surface area contributed by atoms with Gasteiger partial charge in [0.2, 0.25) is 0 Å². The Morgan fingerprint density at radius 3 is 0.861 bits per heavy atom. The molecule has 0 aliphatic heterocycles. The fraction of sp³-hybridized carbons (Fsp3) is 0.773. The van der Waals surface area contributed by atoms with Crippen LogP contribution in [0.1, 0.15) is 310 Å². The van der Waals surface area contributed by atoms with Crippen LogP contribution in [-0.4, -0.2) is 37.2 Å². The molecular formula is C66H116O6. The van der Waals surface area contributed by atoms with Crippen molar-refractivity contribution >= 4 is 17.9 Å². The van der Waals surface area contributed by atoms with Crippen molar-refractivity contribution in [1.82, 2.24) is 0 Å². The number of carbonyl (C=O) groups excluding carboxylic acids is 3. The van der Waals surface area contributed by atoms with Gasteiger partial charge in [0, 0.05) is 19.3 Å². The quantitative estimate of drug-likeness (QED) is 0.0261. The molecule has 0 rings (SSSR count). The number of unbranched alkanes of at least 4 members (excludes halogenated alkanes) is 33. The molecule has 0 aromatic heterocycles. The molecule has 0 N–H and O–H groups in total. The van der Waals surface area contributed by atoms with Gasteiger partial charge in [-0.3, -0.25) is 14.4 Å². The zero-order valence-electron chi connectivity index (χ0n) is 47.7. The summed E-state index contributed by atoms with van der Waals surface area (Å²) < 4.78 is 16.9. The highest BCUT2D eigenvalue weighted by Crippen LogP contribution is 2.16. The van der Waals surface area contributed by atoms with Gasteiger partial charge in [0.25, 0.3) is 0 Å². The molecule has 0 spiro atoms. The normalized spacial score (nSPS) is 12.5. The number of hydrogen-bond acceptors (Lipinski definition) is 6. The van der Waals surface area contributed by atoms with Crippen molar-refractivity contribution < 1.29 is 28.6 Å². The summed E-state index contributed by atoms with van der Waals surface area (Å²) in [6, 6.07) is 0. The van der Waals surface area contributed by atoms with E-state index in [0.29, 0.717) is 19.3 Å². The first-order valence-electron chi connectivity index (χ1n) is 30.9. The lowest BCUT2D eigenvalue weighted by Gasteiger charge is -2.18. The van der Waals surface area contributed by atoms with Gasteiger partial charge >= 0.3 is 17.9 Å². The van der Waals surface area contributed by atoms with Crippen molar-refractivity contribution in [3.8, 4) is 0 Å². The molecule has 0 fully saturated rings. The second-order valence-corrected chi connectivity index (χ2v) is 20.6. The Morgan fingerprint density at radius 1 is 0.278 bits per heavy atom. The smallest absolute Gasteiger partial charge is 0.306 e. The summed E-state index contributed by atoms with van der Waals surface area (Å²) in [7, 11) is 0. The third kappa shape index (κ3) is 57.7. The van der Waals surface area contributed by atoms with Crippen molar-refractivity contribution in [2.75, 3.05) is 13.2 Å². The molecule has 0 bridgehead atoms. The topological polar surface area (TPSA) is 78.9 Å². The van der Waals surface area contributed by atoms with E-state index in [2.05, 4.69) is 93.7 Å². The van der Waals surface area contributed by atoms with Gasteiger partial charge in [0.15, 0.2) is 6.10 Å². The van der Waals surface area contributed by atoms with E-state index >= 15 is 0 Å². The van der Waals surface area contributed by atoms with E-state index in [0.717, 1.165) is 70.6 Å². The number of esters is 3. The Kier molecular flexibility index (Phi) is 57.8. The molecule has 416 valence electrons. The van der Waals surface area contributed by atoms with E-state index in [4.69, 9.17) is 14.2 Å². The lowest BCUT2D eigenvalue weighted by molar-refractivity contribution is -0.167. The number of carbonyl (C=O) groups is 3.